The first-order valence-corrected chi connectivity index (χ1v) is 10.0. The molecule has 2 rings (SSSR count). The molecule has 136 valence electrons. The van der Waals surface area contributed by atoms with Crippen LogP contribution in [0.15, 0.2) is 48.5 Å². The summed E-state index contributed by atoms with van der Waals surface area (Å²) in [7, 11) is 0. The fourth-order valence-corrected chi connectivity index (χ4v) is 3.50. The molecular weight excluding hydrogens is 302 g/mol. The van der Waals surface area contributed by atoms with Crippen molar-refractivity contribution in [3.05, 3.63) is 70.8 Å². The van der Waals surface area contributed by atoms with Gasteiger partial charge in [-0.25, -0.2) is 0 Å². The Balaban J connectivity index is 1.89. The first-order valence-electron chi connectivity index (χ1n) is 10.0. The van der Waals surface area contributed by atoms with Crippen LogP contribution in [0.1, 0.15) is 79.5 Å². The summed E-state index contributed by atoms with van der Waals surface area (Å²) >= 11 is 0. The Bertz CT molecular complexity index is 537. The number of aryl methyl sites for hydroxylation is 2. The van der Waals surface area contributed by atoms with E-state index in [1.807, 2.05) is 0 Å². The summed E-state index contributed by atoms with van der Waals surface area (Å²) in [5, 5.41) is 0. The predicted octanol–water partition coefficient (Wildman–Crippen LogP) is 6.51. The van der Waals surface area contributed by atoms with E-state index in [1.54, 1.807) is 0 Å². The van der Waals surface area contributed by atoms with Gasteiger partial charge in [-0.1, -0.05) is 98.2 Å². The van der Waals surface area contributed by atoms with Gasteiger partial charge in [0, 0.05) is 5.92 Å². The molecule has 2 N–H and O–H groups in total. The van der Waals surface area contributed by atoms with Gasteiger partial charge in [0.05, 0.1) is 0 Å². The quantitative estimate of drug-likeness (QED) is 0.464. The highest BCUT2D eigenvalue weighted by molar-refractivity contribution is 5.35. The molecule has 0 aromatic heterocycles. The Hall–Kier alpha value is -1.60. The normalized spacial score (nSPS) is 11.2. The van der Waals surface area contributed by atoms with Crippen molar-refractivity contribution in [1.29, 1.82) is 0 Å². The molecule has 0 spiro atoms. The van der Waals surface area contributed by atoms with Crippen LogP contribution >= 0.6 is 0 Å². The lowest BCUT2D eigenvalue weighted by molar-refractivity contribution is 0.555. The fourth-order valence-electron chi connectivity index (χ4n) is 3.50. The van der Waals surface area contributed by atoms with E-state index in [0.29, 0.717) is 5.92 Å². The van der Waals surface area contributed by atoms with Crippen LogP contribution in [-0.2, 0) is 0 Å². The number of rotatable bonds is 11. The molecule has 0 aliphatic carbocycles. The maximum atomic E-state index is 5.55. The second-order valence-corrected chi connectivity index (χ2v) is 7.43. The molecular formula is C24H35N. The first-order chi connectivity index (χ1) is 12.2. The molecule has 0 fully saturated rings. The zero-order valence-electron chi connectivity index (χ0n) is 16.1. The van der Waals surface area contributed by atoms with Gasteiger partial charge in [-0.15, -0.1) is 0 Å². The highest BCUT2D eigenvalue weighted by Gasteiger charge is 2.13. The Morgan fingerprint density at radius 1 is 0.600 bits per heavy atom. The van der Waals surface area contributed by atoms with Gasteiger partial charge < -0.3 is 5.73 Å². The number of nitrogens with two attached hydrogens (primary N) is 1. The summed E-state index contributed by atoms with van der Waals surface area (Å²) in [5.74, 6) is 0.526. The van der Waals surface area contributed by atoms with Crippen molar-refractivity contribution < 1.29 is 0 Å². The van der Waals surface area contributed by atoms with Crippen molar-refractivity contribution in [1.82, 2.24) is 0 Å². The van der Waals surface area contributed by atoms with Crippen molar-refractivity contribution in [2.75, 3.05) is 6.54 Å². The third-order valence-corrected chi connectivity index (χ3v) is 5.16. The number of hydrogen-bond donors (Lipinski definition) is 1. The van der Waals surface area contributed by atoms with Crippen molar-refractivity contribution in [3.63, 3.8) is 0 Å². The van der Waals surface area contributed by atoms with Gasteiger partial charge in [-0.3, -0.25) is 0 Å². The maximum Gasteiger partial charge on any atom is 0.00893 e. The maximum absolute atomic E-state index is 5.55. The second kappa shape index (κ2) is 11.1. The largest absolute Gasteiger partial charge is 0.330 e. The molecule has 0 unspecified atom stereocenters. The van der Waals surface area contributed by atoms with Gasteiger partial charge in [-0.2, -0.15) is 0 Å². The summed E-state index contributed by atoms with van der Waals surface area (Å²) in [6.45, 7) is 5.17. The van der Waals surface area contributed by atoms with Gasteiger partial charge in [-0.05, 0) is 44.4 Å². The molecule has 0 saturated carbocycles. The molecule has 1 heteroatoms. The number of benzene rings is 2. The average molecular weight is 338 g/mol. The minimum Gasteiger partial charge on any atom is -0.330 e. The van der Waals surface area contributed by atoms with Crippen LogP contribution < -0.4 is 5.73 Å². The van der Waals surface area contributed by atoms with Crippen molar-refractivity contribution in [2.24, 2.45) is 5.73 Å². The molecule has 0 amide bonds. The molecule has 0 radical (unpaired) electrons. The lowest BCUT2D eigenvalue weighted by Gasteiger charge is -2.19. The van der Waals surface area contributed by atoms with Gasteiger partial charge in [0.1, 0.15) is 0 Å². The Morgan fingerprint density at radius 3 is 1.44 bits per heavy atom. The fraction of sp³-hybridized carbons (Fsp3) is 0.500. The summed E-state index contributed by atoms with van der Waals surface area (Å²) in [6, 6.07) is 18.2. The van der Waals surface area contributed by atoms with Gasteiger partial charge >= 0.3 is 0 Å². The predicted molar refractivity (Wildman–Crippen MR) is 110 cm³/mol. The van der Waals surface area contributed by atoms with E-state index in [0.717, 1.165) is 6.54 Å². The number of unbranched alkanes of at least 4 members (excludes halogenated alkanes) is 6. The molecule has 0 saturated heterocycles. The van der Waals surface area contributed by atoms with Crippen LogP contribution in [0.25, 0.3) is 0 Å². The lowest BCUT2D eigenvalue weighted by atomic mass is 9.86. The van der Waals surface area contributed by atoms with Crippen LogP contribution in [0.3, 0.4) is 0 Å². The Morgan fingerprint density at radius 2 is 1.00 bits per heavy atom. The van der Waals surface area contributed by atoms with E-state index in [-0.39, 0.29) is 0 Å². The van der Waals surface area contributed by atoms with Crippen molar-refractivity contribution >= 4 is 0 Å². The highest BCUT2D eigenvalue weighted by atomic mass is 14.5. The Labute approximate surface area is 154 Å². The van der Waals surface area contributed by atoms with Crippen LogP contribution in [0, 0.1) is 13.8 Å². The van der Waals surface area contributed by atoms with E-state index < -0.39 is 0 Å². The van der Waals surface area contributed by atoms with Crippen LogP contribution in [0.2, 0.25) is 0 Å². The molecule has 2 aromatic carbocycles. The van der Waals surface area contributed by atoms with E-state index in [9.17, 15) is 0 Å². The zero-order valence-corrected chi connectivity index (χ0v) is 16.1. The molecule has 0 bridgehead atoms. The third kappa shape index (κ3) is 7.04. The second-order valence-electron chi connectivity index (χ2n) is 7.43. The van der Waals surface area contributed by atoms with Gasteiger partial charge in [0.2, 0.25) is 0 Å². The highest BCUT2D eigenvalue weighted by Crippen LogP contribution is 2.30. The first kappa shape index (κ1) is 19.7. The van der Waals surface area contributed by atoms with Crippen LogP contribution in [0.4, 0.5) is 0 Å². The summed E-state index contributed by atoms with van der Waals surface area (Å²) in [6.07, 6.45) is 10.4. The molecule has 0 heterocycles. The SMILES string of the molecule is Cc1ccc(C(CCCCCCCCCN)c2ccc(C)cc2)cc1. The minimum atomic E-state index is 0.526. The summed E-state index contributed by atoms with van der Waals surface area (Å²) < 4.78 is 0. The summed E-state index contributed by atoms with van der Waals surface area (Å²) in [5.41, 5.74) is 11.1. The van der Waals surface area contributed by atoms with E-state index in [4.69, 9.17) is 5.73 Å². The van der Waals surface area contributed by atoms with Crippen molar-refractivity contribution in [2.45, 2.75) is 71.1 Å². The van der Waals surface area contributed by atoms with Gasteiger partial charge in [0.25, 0.3) is 0 Å². The molecule has 25 heavy (non-hydrogen) atoms. The van der Waals surface area contributed by atoms with E-state index >= 15 is 0 Å². The molecule has 2 aromatic rings. The van der Waals surface area contributed by atoms with E-state index in [1.165, 1.54) is 73.6 Å². The molecule has 1 nitrogen and oxygen atoms in total. The number of hydrogen-bond acceptors (Lipinski definition) is 1. The summed E-state index contributed by atoms with van der Waals surface area (Å²) in [4.78, 5) is 0. The van der Waals surface area contributed by atoms with Crippen molar-refractivity contribution in [3.8, 4) is 0 Å². The van der Waals surface area contributed by atoms with Gasteiger partial charge in [0.15, 0.2) is 0 Å². The topological polar surface area (TPSA) is 26.0 Å². The molecule has 0 aliphatic rings. The average Bonchev–Trinajstić information content (AvgIpc) is 2.63. The molecule has 0 atom stereocenters. The van der Waals surface area contributed by atoms with E-state index in [2.05, 4.69) is 62.4 Å². The van der Waals surface area contributed by atoms with Crippen LogP contribution in [0.5, 0.6) is 0 Å². The monoisotopic (exact) mass is 337 g/mol. The smallest absolute Gasteiger partial charge is 0.00893 e. The Kier molecular flexibility index (Phi) is 8.76. The minimum absolute atomic E-state index is 0.526. The molecule has 0 aliphatic heterocycles. The standard InChI is InChI=1S/C24H35N/c1-20-11-15-22(16-12-20)24(23-17-13-21(2)14-18-23)10-8-6-4-3-5-7-9-19-25/h11-18,24H,3-10,19,25H2,1-2H3. The lowest BCUT2D eigenvalue weighted by Crippen LogP contribution is -2.02. The third-order valence-electron chi connectivity index (χ3n) is 5.16. The van der Waals surface area contributed by atoms with Crippen LogP contribution in [-0.4, -0.2) is 6.54 Å². The zero-order chi connectivity index (χ0) is 17.9.